The molecular formula is C18H20FN3O3S. The fourth-order valence-electron chi connectivity index (χ4n) is 2.52. The number of benzene rings is 2. The van der Waals surface area contributed by atoms with Crippen molar-refractivity contribution in [2.45, 2.75) is 23.8 Å². The average molecular weight is 377 g/mol. The maximum Gasteiger partial charge on any atom is 0.261 e. The maximum absolute atomic E-state index is 12.9. The SMILES string of the molecule is NC(CNC(=O)c1ccc(S(=O)(=O)Nc2ccc(F)cc2)cc1)C1CC1. The lowest BCUT2D eigenvalue weighted by atomic mass is 10.2. The zero-order chi connectivity index (χ0) is 18.7. The first-order chi connectivity index (χ1) is 12.3. The van der Waals surface area contributed by atoms with E-state index in [1.807, 2.05) is 0 Å². The van der Waals surface area contributed by atoms with E-state index in [9.17, 15) is 17.6 Å². The predicted octanol–water partition coefficient (Wildman–Crippen LogP) is 2.09. The van der Waals surface area contributed by atoms with Gasteiger partial charge >= 0.3 is 0 Å². The van der Waals surface area contributed by atoms with Gasteiger partial charge in [0.05, 0.1) is 4.90 Å². The van der Waals surface area contributed by atoms with Crippen molar-refractivity contribution in [2.75, 3.05) is 11.3 Å². The van der Waals surface area contributed by atoms with Gasteiger partial charge in [0, 0.05) is 23.8 Å². The molecule has 0 spiro atoms. The molecule has 8 heteroatoms. The number of rotatable bonds is 7. The van der Waals surface area contributed by atoms with Crippen LogP contribution in [0.2, 0.25) is 0 Å². The number of nitrogens with one attached hydrogen (secondary N) is 2. The fourth-order valence-corrected chi connectivity index (χ4v) is 3.58. The van der Waals surface area contributed by atoms with E-state index >= 15 is 0 Å². The third kappa shape index (κ3) is 4.59. The number of nitrogens with two attached hydrogens (primary N) is 1. The van der Waals surface area contributed by atoms with E-state index in [0.29, 0.717) is 18.0 Å². The molecule has 1 saturated carbocycles. The van der Waals surface area contributed by atoms with Crippen LogP contribution in [0.4, 0.5) is 10.1 Å². The Labute approximate surface area is 151 Å². The number of carbonyl (C=O) groups is 1. The van der Waals surface area contributed by atoms with Gasteiger partial charge in [-0.3, -0.25) is 9.52 Å². The smallest absolute Gasteiger partial charge is 0.261 e. The molecule has 0 radical (unpaired) electrons. The molecule has 1 atom stereocenters. The summed E-state index contributed by atoms with van der Waals surface area (Å²) in [4.78, 5) is 12.1. The van der Waals surface area contributed by atoms with Gasteiger partial charge in [-0.05, 0) is 67.3 Å². The first-order valence-corrected chi connectivity index (χ1v) is 9.76. The third-order valence-electron chi connectivity index (χ3n) is 4.25. The van der Waals surface area contributed by atoms with Crippen LogP contribution in [0.3, 0.4) is 0 Å². The lowest BCUT2D eigenvalue weighted by molar-refractivity contribution is 0.0950. The molecular weight excluding hydrogens is 357 g/mol. The van der Waals surface area contributed by atoms with E-state index in [-0.39, 0.29) is 22.5 Å². The van der Waals surface area contributed by atoms with Gasteiger partial charge in [-0.2, -0.15) is 0 Å². The van der Waals surface area contributed by atoms with E-state index in [0.717, 1.165) is 25.0 Å². The number of anilines is 1. The molecule has 26 heavy (non-hydrogen) atoms. The van der Waals surface area contributed by atoms with Gasteiger partial charge in [0.1, 0.15) is 5.82 Å². The minimum atomic E-state index is -3.82. The molecule has 3 rings (SSSR count). The normalized spacial score (nSPS) is 15.3. The third-order valence-corrected chi connectivity index (χ3v) is 5.65. The number of sulfonamides is 1. The average Bonchev–Trinajstić information content (AvgIpc) is 3.46. The van der Waals surface area contributed by atoms with Gasteiger partial charge in [-0.1, -0.05) is 0 Å². The summed E-state index contributed by atoms with van der Waals surface area (Å²) >= 11 is 0. The molecule has 6 nitrogen and oxygen atoms in total. The van der Waals surface area contributed by atoms with Crippen molar-refractivity contribution in [1.82, 2.24) is 5.32 Å². The molecule has 0 aliphatic heterocycles. The molecule has 1 aliphatic carbocycles. The lowest BCUT2D eigenvalue weighted by Gasteiger charge is -2.12. The van der Waals surface area contributed by atoms with E-state index < -0.39 is 15.8 Å². The lowest BCUT2D eigenvalue weighted by Crippen LogP contribution is -2.38. The Morgan fingerprint density at radius 1 is 1.12 bits per heavy atom. The van der Waals surface area contributed by atoms with Crippen LogP contribution in [0.15, 0.2) is 53.4 Å². The second-order valence-corrected chi connectivity index (χ2v) is 8.03. The molecule has 0 aromatic heterocycles. The van der Waals surface area contributed by atoms with Gasteiger partial charge in [0.25, 0.3) is 15.9 Å². The highest BCUT2D eigenvalue weighted by Crippen LogP contribution is 2.31. The highest BCUT2D eigenvalue weighted by Gasteiger charge is 2.28. The molecule has 138 valence electrons. The molecule has 0 bridgehead atoms. The summed E-state index contributed by atoms with van der Waals surface area (Å²) < 4.78 is 39.9. The number of hydrogen-bond acceptors (Lipinski definition) is 4. The molecule has 0 saturated heterocycles. The Morgan fingerprint density at radius 3 is 2.31 bits per heavy atom. The Morgan fingerprint density at radius 2 is 1.73 bits per heavy atom. The van der Waals surface area contributed by atoms with Gasteiger partial charge < -0.3 is 11.1 Å². The Kier molecular flexibility index (Phi) is 5.24. The molecule has 1 unspecified atom stereocenters. The first-order valence-electron chi connectivity index (χ1n) is 8.27. The van der Waals surface area contributed by atoms with E-state index in [1.54, 1.807) is 0 Å². The van der Waals surface area contributed by atoms with Gasteiger partial charge in [-0.25, -0.2) is 12.8 Å². The van der Waals surface area contributed by atoms with Crippen molar-refractivity contribution < 1.29 is 17.6 Å². The summed E-state index contributed by atoms with van der Waals surface area (Å²) in [5, 5.41) is 2.76. The van der Waals surface area contributed by atoms with Crippen molar-refractivity contribution in [3.05, 3.63) is 59.9 Å². The van der Waals surface area contributed by atoms with Crippen LogP contribution in [0.25, 0.3) is 0 Å². The summed E-state index contributed by atoms with van der Waals surface area (Å²) in [6, 6.07) is 10.5. The van der Waals surface area contributed by atoms with Crippen molar-refractivity contribution >= 4 is 21.6 Å². The summed E-state index contributed by atoms with van der Waals surface area (Å²) in [5.74, 6) is -0.262. The van der Waals surface area contributed by atoms with E-state index in [1.165, 1.54) is 36.4 Å². The number of halogens is 1. The predicted molar refractivity (Wildman–Crippen MR) is 96.7 cm³/mol. The second-order valence-electron chi connectivity index (χ2n) is 6.35. The zero-order valence-electron chi connectivity index (χ0n) is 14.0. The molecule has 1 amide bonds. The van der Waals surface area contributed by atoms with Gasteiger partial charge in [0.15, 0.2) is 0 Å². The monoisotopic (exact) mass is 377 g/mol. The first kappa shape index (κ1) is 18.3. The molecule has 1 aliphatic rings. The number of hydrogen-bond donors (Lipinski definition) is 3. The van der Waals surface area contributed by atoms with Crippen LogP contribution in [-0.2, 0) is 10.0 Å². The second kappa shape index (κ2) is 7.43. The summed E-state index contributed by atoms with van der Waals surface area (Å²) in [5.41, 5.74) is 6.55. The minimum Gasteiger partial charge on any atom is -0.350 e. The largest absolute Gasteiger partial charge is 0.350 e. The highest BCUT2D eigenvalue weighted by atomic mass is 32.2. The number of carbonyl (C=O) groups excluding carboxylic acids is 1. The van der Waals surface area contributed by atoms with Crippen LogP contribution in [-0.4, -0.2) is 26.9 Å². The van der Waals surface area contributed by atoms with Crippen molar-refractivity contribution in [3.8, 4) is 0 Å². The van der Waals surface area contributed by atoms with Crippen molar-refractivity contribution in [3.63, 3.8) is 0 Å². The van der Waals surface area contributed by atoms with Gasteiger partial charge in [-0.15, -0.1) is 0 Å². The van der Waals surface area contributed by atoms with Crippen LogP contribution in [0.5, 0.6) is 0 Å². The van der Waals surface area contributed by atoms with Crippen LogP contribution in [0, 0.1) is 11.7 Å². The molecule has 4 N–H and O–H groups in total. The van der Waals surface area contributed by atoms with Crippen LogP contribution >= 0.6 is 0 Å². The summed E-state index contributed by atoms with van der Waals surface area (Å²) in [7, 11) is -3.82. The van der Waals surface area contributed by atoms with Crippen LogP contribution in [0.1, 0.15) is 23.2 Å². The van der Waals surface area contributed by atoms with Crippen molar-refractivity contribution in [2.24, 2.45) is 11.7 Å². The quantitative estimate of drug-likeness (QED) is 0.688. The summed E-state index contributed by atoms with van der Waals surface area (Å²) in [6.07, 6.45) is 2.20. The van der Waals surface area contributed by atoms with Gasteiger partial charge in [0.2, 0.25) is 0 Å². The molecule has 0 heterocycles. The Bertz CT molecular complexity index is 879. The molecule has 2 aromatic carbocycles. The number of amides is 1. The zero-order valence-corrected chi connectivity index (χ0v) is 14.8. The summed E-state index contributed by atoms with van der Waals surface area (Å²) in [6.45, 7) is 0.398. The molecule has 1 fully saturated rings. The van der Waals surface area contributed by atoms with Crippen LogP contribution < -0.4 is 15.8 Å². The topological polar surface area (TPSA) is 101 Å². The Hall–Kier alpha value is -2.45. The standard InChI is InChI=1S/C18H20FN3O3S/c19-14-5-7-15(8-6-14)22-26(24,25)16-9-3-13(4-10-16)18(23)21-11-17(20)12-1-2-12/h3-10,12,17,22H,1-2,11,20H2,(H,21,23). The fraction of sp³-hybridized carbons (Fsp3) is 0.278. The van der Waals surface area contributed by atoms with E-state index in [2.05, 4.69) is 10.0 Å². The van der Waals surface area contributed by atoms with E-state index in [4.69, 9.17) is 5.73 Å². The minimum absolute atomic E-state index is 0.00746. The van der Waals surface area contributed by atoms with Crippen molar-refractivity contribution in [1.29, 1.82) is 0 Å². The maximum atomic E-state index is 12.9. The highest BCUT2D eigenvalue weighted by molar-refractivity contribution is 7.92. The molecule has 2 aromatic rings. The Balaban J connectivity index is 1.63.